The number of carbonyl (C=O) groups is 1. The highest BCUT2D eigenvalue weighted by atomic mass is 32.2. The molecule has 0 heterocycles. The molecule has 1 aromatic rings. The Balaban J connectivity index is 3.29. The highest BCUT2D eigenvalue weighted by Crippen LogP contribution is 2.22. The van der Waals surface area contributed by atoms with E-state index in [1.807, 2.05) is 0 Å². The SMILES string of the molecule is CC(C)(C)C(=O)C(=[N+]=[N-])S(=O)(=O)c1ccc(OS(C)(=O)=O)cc1. The van der Waals surface area contributed by atoms with Crippen molar-refractivity contribution in [3.05, 3.63) is 29.8 Å². The van der Waals surface area contributed by atoms with Crippen molar-refractivity contribution >= 4 is 30.8 Å². The van der Waals surface area contributed by atoms with Crippen molar-refractivity contribution in [3.63, 3.8) is 0 Å². The van der Waals surface area contributed by atoms with Crippen molar-refractivity contribution in [2.24, 2.45) is 5.41 Å². The van der Waals surface area contributed by atoms with Gasteiger partial charge in [-0.2, -0.15) is 8.42 Å². The van der Waals surface area contributed by atoms with Crippen LogP contribution in [-0.4, -0.2) is 38.7 Å². The van der Waals surface area contributed by atoms with Gasteiger partial charge in [0.15, 0.2) is 0 Å². The fourth-order valence-electron chi connectivity index (χ4n) is 1.50. The van der Waals surface area contributed by atoms with Gasteiger partial charge in [-0.25, -0.2) is 8.42 Å². The monoisotopic (exact) mass is 360 g/mol. The third kappa shape index (κ3) is 4.72. The van der Waals surface area contributed by atoms with Gasteiger partial charge in [0.1, 0.15) is 5.75 Å². The van der Waals surface area contributed by atoms with Gasteiger partial charge in [-0.05, 0) is 24.3 Å². The van der Waals surface area contributed by atoms with Crippen LogP contribution < -0.4 is 4.18 Å². The van der Waals surface area contributed by atoms with Crippen LogP contribution in [0.1, 0.15) is 20.8 Å². The minimum Gasteiger partial charge on any atom is -0.383 e. The molecule has 1 rings (SSSR count). The van der Waals surface area contributed by atoms with Crippen molar-refractivity contribution in [1.29, 1.82) is 0 Å². The normalized spacial score (nSPS) is 12.3. The first-order chi connectivity index (χ1) is 10.3. The van der Waals surface area contributed by atoms with Gasteiger partial charge in [0.25, 0.3) is 15.6 Å². The van der Waals surface area contributed by atoms with Gasteiger partial charge in [-0.15, -0.1) is 4.79 Å². The molecule has 0 atom stereocenters. The molecule has 8 nitrogen and oxygen atoms in total. The summed E-state index contributed by atoms with van der Waals surface area (Å²) in [4.78, 5) is 14.4. The molecule has 126 valence electrons. The summed E-state index contributed by atoms with van der Waals surface area (Å²) >= 11 is 0. The van der Waals surface area contributed by atoms with E-state index in [1.54, 1.807) is 0 Å². The first-order valence-corrected chi connectivity index (χ1v) is 9.60. The molecular formula is C13H16N2O6S2. The summed E-state index contributed by atoms with van der Waals surface area (Å²) in [7, 11) is -8.10. The first kappa shape index (κ1) is 19.0. The Kier molecular flexibility index (Phi) is 5.15. The van der Waals surface area contributed by atoms with Gasteiger partial charge in [-0.3, -0.25) is 4.79 Å². The fourth-order valence-corrected chi connectivity index (χ4v) is 3.34. The molecule has 10 heteroatoms. The standard InChI is InChI=1S/C13H16N2O6S2/c1-13(2,3)11(16)12(15-14)23(19,20)10-7-5-9(6-8-10)21-22(4,17)18/h5-8H,1-4H3. The van der Waals surface area contributed by atoms with Crippen molar-refractivity contribution in [2.45, 2.75) is 25.7 Å². The molecule has 23 heavy (non-hydrogen) atoms. The Morgan fingerprint density at radius 1 is 1.09 bits per heavy atom. The summed E-state index contributed by atoms with van der Waals surface area (Å²) in [6, 6.07) is 4.34. The second-order valence-corrected chi connectivity index (χ2v) is 9.19. The highest BCUT2D eigenvalue weighted by Gasteiger charge is 2.43. The van der Waals surface area contributed by atoms with E-state index >= 15 is 0 Å². The molecule has 0 amide bonds. The zero-order valence-electron chi connectivity index (χ0n) is 13.0. The summed E-state index contributed by atoms with van der Waals surface area (Å²) in [6.07, 6.45) is 0.843. The molecule has 0 N–H and O–H groups in total. The fraction of sp³-hybridized carbons (Fsp3) is 0.385. The number of ketones is 1. The molecule has 0 spiro atoms. The molecule has 0 fully saturated rings. The van der Waals surface area contributed by atoms with Gasteiger partial charge < -0.3 is 9.71 Å². The topological polar surface area (TPSA) is 131 Å². The smallest absolute Gasteiger partial charge is 0.383 e. The number of Topliss-reactive ketones (excluding diaryl/α,β-unsaturated/α-hetero) is 1. The summed E-state index contributed by atoms with van der Waals surface area (Å²) in [5, 5.41) is -0.984. The summed E-state index contributed by atoms with van der Waals surface area (Å²) in [5.74, 6) is -0.937. The van der Waals surface area contributed by atoms with Gasteiger partial charge in [0.05, 0.1) is 11.2 Å². The van der Waals surface area contributed by atoms with Crippen LogP contribution in [0.3, 0.4) is 0 Å². The number of hydrogen-bond donors (Lipinski definition) is 0. The quantitative estimate of drug-likeness (QED) is 0.259. The van der Waals surface area contributed by atoms with Crippen LogP contribution >= 0.6 is 0 Å². The van der Waals surface area contributed by atoms with Gasteiger partial charge in [0.2, 0.25) is 0 Å². The number of sulfone groups is 1. The van der Waals surface area contributed by atoms with E-state index in [1.165, 1.54) is 20.8 Å². The lowest BCUT2D eigenvalue weighted by atomic mass is 9.91. The molecule has 1 aromatic carbocycles. The molecule has 0 bridgehead atoms. The predicted octanol–water partition coefficient (Wildman–Crippen LogP) is 1.04. The number of benzene rings is 1. The van der Waals surface area contributed by atoms with E-state index in [0.29, 0.717) is 0 Å². The van der Waals surface area contributed by atoms with Gasteiger partial charge >= 0.3 is 15.2 Å². The van der Waals surface area contributed by atoms with Crippen LogP contribution in [0.4, 0.5) is 0 Å². The van der Waals surface area contributed by atoms with Crippen molar-refractivity contribution in [1.82, 2.24) is 0 Å². The number of nitrogens with zero attached hydrogens (tertiary/aromatic N) is 2. The Hall–Kier alpha value is -2.03. The summed E-state index contributed by atoms with van der Waals surface area (Å²) < 4.78 is 51.3. The van der Waals surface area contributed by atoms with Crippen LogP contribution in [0.15, 0.2) is 29.2 Å². The lowest BCUT2D eigenvalue weighted by Gasteiger charge is -2.13. The Bertz CT molecular complexity index is 871. The molecule has 0 aliphatic heterocycles. The largest absolute Gasteiger partial charge is 0.452 e. The van der Waals surface area contributed by atoms with E-state index in [4.69, 9.17) is 5.53 Å². The maximum absolute atomic E-state index is 12.4. The van der Waals surface area contributed by atoms with Gasteiger partial charge in [-0.1, -0.05) is 20.8 Å². The van der Waals surface area contributed by atoms with E-state index in [9.17, 15) is 21.6 Å². The minimum atomic E-state index is -4.35. The predicted molar refractivity (Wildman–Crippen MR) is 82.2 cm³/mol. The van der Waals surface area contributed by atoms with E-state index in [2.05, 4.69) is 8.97 Å². The lowest BCUT2D eigenvalue weighted by molar-refractivity contribution is -0.123. The third-order valence-corrected chi connectivity index (χ3v) is 4.77. The van der Waals surface area contributed by atoms with Crippen LogP contribution in [0, 0.1) is 5.41 Å². The van der Waals surface area contributed by atoms with Crippen LogP contribution in [0.25, 0.3) is 5.53 Å². The maximum Gasteiger partial charge on any atom is 0.452 e. The Labute approximate surface area is 134 Å². The molecule has 0 saturated heterocycles. The highest BCUT2D eigenvalue weighted by molar-refractivity contribution is 8.08. The van der Waals surface area contributed by atoms with Crippen LogP contribution in [0.5, 0.6) is 5.75 Å². The zero-order valence-corrected chi connectivity index (χ0v) is 14.6. The summed E-state index contributed by atoms with van der Waals surface area (Å²) in [6.45, 7) is 4.46. The Morgan fingerprint density at radius 2 is 1.57 bits per heavy atom. The van der Waals surface area contributed by atoms with Crippen molar-refractivity contribution < 1.29 is 30.6 Å². The molecule has 0 aromatic heterocycles. The number of rotatable bonds is 4. The van der Waals surface area contributed by atoms with Crippen molar-refractivity contribution in [2.75, 3.05) is 6.26 Å². The summed E-state index contributed by atoms with van der Waals surface area (Å²) in [5.41, 5.74) is 7.89. The third-order valence-electron chi connectivity index (χ3n) is 2.60. The molecule has 0 saturated carbocycles. The van der Waals surface area contributed by atoms with E-state index < -0.39 is 36.2 Å². The molecule has 0 aliphatic carbocycles. The van der Waals surface area contributed by atoms with E-state index in [0.717, 1.165) is 30.5 Å². The second-order valence-electron chi connectivity index (χ2n) is 5.75. The average Bonchev–Trinajstić information content (AvgIpc) is 2.36. The number of carbonyl (C=O) groups excluding carboxylic acids is 1. The Morgan fingerprint density at radius 3 is 1.91 bits per heavy atom. The lowest BCUT2D eigenvalue weighted by Crippen LogP contribution is -2.34. The second kappa shape index (κ2) is 6.23. The minimum absolute atomic E-state index is 0.0870. The van der Waals surface area contributed by atoms with Gasteiger partial charge in [0, 0.05) is 5.41 Å². The average molecular weight is 360 g/mol. The molecule has 0 unspecified atom stereocenters. The maximum atomic E-state index is 12.4. The first-order valence-electron chi connectivity index (χ1n) is 6.30. The molecule has 0 radical (unpaired) electrons. The van der Waals surface area contributed by atoms with Crippen LogP contribution in [0.2, 0.25) is 0 Å². The molecule has 0 aliphatic rings. The number of hydrogen-bond acceptors (Lipinski definition) is 6. The zero-order chi connectivity index (χ0) is 18.1. The molecular weight excluding hydrogens is 344 g/mol. The van der Waals surface area contributed by atoms with E-state index in [-0.39, 0.29) is 10.6 Å². The van der Waals surface area contributed by atoms with Crippen LogP contribution in [-0.2, 0) is 24.7 Å². The van der Waals surface area contributed by atoms with Crippen molar-refractivity contribution in [3.8, 4) is 5.75 Å².